The van der Waals surface area contributed by atoms with E-state index < -0.39 is 0 Å². The van der Waals surface area contributed by atoms with Gasteiger partial charge in [0.15, 0.2) is 0 Å². The van der Waals surface area contributed by atoms with Crippen LogP contribution in [0.5, 0.6) is 0 Å². The van der Waals surface area contributed by atoms with Gasteiger partial charge in [0.1, 0.15) is 0 Å². The molecule has 3 rings (SSSR count). The second kappa shape index (κ2) is 8.31. The number of carbonyl (C=O) groups is 1. The van der Waals surface area contributed by atoms with Gasteiger partial charge >= 0.3 is 0 Å². The van der Waals surface area contributed by atoms with Crippen molar-refractivity contribution in [2.24, 2.45) is 5.73 Å². The third kappa shape index (κ3) is 4.36. The fraction of sp³-hybridized carbons (Fsp3) is 0.444. The normalized spacial score (nSPS) is 15.7. The fourth-order valence-corrected chi connectivity index (χ4v) is 3.26. The van der Waals surface area contributed by atoms with Crippen LogP contribution in [-0.4, -0.2) is 27.8 Å². The van der Waals surface area contributed by atoms with Gasteiger partial charge in [0.05, 0.1) is 17.4 Å². The molecule has 3 N–H and O–H groups in total. The number of para-hydroxylation sites is 1. The third-order valence-electron chi connectivity index (χ3n) is 4.65. The van der Waals surface area contributed by atoms with Crippen molar-refractivity contribution in [2.75, 3.05) is 6.54 Å². The van der Waals surface area contributed by atoms with Crippen molar-refractivity contribution in [3.05, 3.63) is 48.3 Å². The number of nitrogens with one attached hydrogen (secondary N) is 1. The molecule has 1 aliphatic carbocycles. The second-order valence-corrected chi connectivity index (χ2v) is 6.37. The molecule has 0 bridgehead atoms. The lowest BCUT2D eigenvalue weighted by molar-refractivity contribution is -0.122. The van der Waals surface area contributed by atoms with Crippen molar-refractivity contribution in [3.63, 3.8) is 0 Å². The van der Waals surface area contributed by atoms with Crippen molar-refractivity contribution in [2.45, 2.75) is 44.1 Å². The molecule has 2 aromatic rings. The van der Waals surface area contributed by atoms with Crippen LogP contribution < -0.4 is 11.1 Å². The molecule has 0 aliphatic heterocycles. The Kier molecular flexibility index (Phi) is 6.40. The summed E-state index contributed by atoms with van der Waals surface area (Å²) in [6.07, 6.45) is 9.29. The number of nitrogens with two attached hydrogens (primary N) is 1. The number of hydrogen-bond donors (Lipinski definition) is 2. The van der Waals surface area contributed by atoms with Crippen molar-refractivity contribution >= 4 is 18.3 Å². The van der Waals surface area contributed by atoms with E-state index in [1.165, 1.54) is 0 Å². The van der Waals surface area contributed by atoms with Crippen molar-refractivity contribution in [1.82, 2.24) is 15.1 Å². The summed E-state index contributed by atoms with van der Waals surface area (Å²) in [5.74, 6) is 0.0878. The maximum atomic E-state index is 12.2. The van der Waals surface area contributed by atoms with Gasteiger partial charge in [-0.05, 0) is 37.0 Å². The molecule has 0 atom stereocenters. The number of amides is 1. The Morgan fingerprint density at radius 2 is 1.96 bits per heavy atom. The Labute approximate surface area is 149 Å². The Hall–Kier alpha value is -1.85. The zero-order chi connectivity index (χ0) is 16.1. The average molecular weight is 349 g/mol. The van der Waals surface area contributed by atoms with Crippen LogP contribution in [-0.2, 0) is 11.2 Å². The van der Waals surface area contributed by atoms with E-state index in [2.05, 4.69) is 10.4 Å². The van der Waals surface area contributed by atoms with Gasteiger partial charge in [0.25, 0.3) is 0 Å². The second-order valence-electron chi connectivity index (χ2n) is 6.37. The highest BCUT2D eigenvalue weighted by molar-refractivity contribution is 5.85. The first-order chi connectivity index (χ1) is 11.2. The molecule has 5 nitrogen and oxygen atoms in total. The highest BCUT2D eigenvalue weighted by atomic mass is 35.5. The fourth-order valence-electron chi connectivity index (χ4n) is 3.26. The predicted molar refractivity (Wildman–Crippen MR) is 97.5 cm³/mol. The van der Waals surface area contributed by atoms with Crippen LogP contribution >= 0.6 is 12.4 Å². The molecule has 1 saturated carbocycles. The number of rotatable bonds is 6. The minimum atomic E-state index is -0.161. The molecule has 0 spiro atoms. The van der Waals surface area contributed by atoms with Gasteiger partial charge in [0, 0.05) is 19.2 Å². The first-order valence-corrected chi connectivity index (χ1v) is 8.31. The lowest BCUT2D eigenvalue weighted by Gasteiger charge is -2.28. The van der Waals surface area contributed by atoms with Crippen molar-refractivity contribution in [1.29, 1.82) is 0 Å². The van der Waals surface area contributed by atoms with Crippen LogP contribution in [0, 0.1) is 0 Å². The molecule has 0 unspecified atom stereocenters. The molecule has 1 amide bonds. The van der Waals surface area contributed by atoms with Gasteiger partial charge < -0.3 is 11.1 Å². The summed E-state index contributed by atoms with van der Waals surface area (Å²) in [5.41, 5.74) is 7.79. The molecule has 0 radical (unpaired) electrons. The number of benzene rings is 1. The van der Waals surface area contributed by atoms with Gasteiger partial charge in [-0.25, -0.2) is 4.68 Å². The Morgan fingerprint density at radius 3 is 2.62 bits per heavy atom. The summed E-state index contributed by atoms with van der Waals surface area (Å²) in [6, 6.07) is 9.97. The van der Waals surface area contributed by atoms with Crippen molar-refractivity contribution in [3.8, 4) is 5.69 Å². The first-order valence-electron chi connectivity index (χ1n) is 8.31. The average Bonchev–Trinajstić information content (AvgIpc) is 3.24. The molecular weight excluding hydrogens is 324 g/mol. The number of nitrogens with zero attached hydrogens (tertiary/aromatic N) is 2. The van der Waals surface area contributed by atoms with Gasteiger partial charge in [-0.2, -0.15) is 5.10 Å². The van der Waals surface area contributed by atoms with E-state index in [1.807, 2.05) is 47.4 Å². The number of halogens is 1. The van der Waals surface area contributed by atoms with Gasteiger partial charge in [-0.15, -0.1) is 12.4 Å². The molecule has 24 heavy (non-hydrogen) atoms. The van der Waals surface area contributed by atoms with E-state index >= 15 is 0 Å². The Morgan fingerprint density at radius 1 is 1.25 bits per heavy atom. The van der Waals surface area contributed by atoms with Crippen LogP contribution in [0.25, 0.3) is 5.69 Å². The lowest BCUT2D eigenvalue weighted by atomic mass is 9.97. The number of hydrogen-bond acceptors (Lipinski definition) is 3. The van der Waals surface area contributed by atoms with Crippen LogP contribution in [0.1, 0.15) is 37.7 Å². The minimum Gasteiger partial charge on any atom is -0.349 e. The minimum absolute atomic E-state index is 0. The third-order valence-corrected chi connectivity index (χ3v) is 4.65. The van der Waals surface area contributed by atoms with Gasteiger partial charge in [-0.1, -0.05) is 31.0 Å². The van der Waals surface area contributed by atoms with Crippen LogP contribution in [0.4, 0.5) is 0 Å². The van der Waals surface area contributed by atoms with Crippen LogP contribution in [0.3, 0.4) is 0 Å². The summed E-state index contributed by atoms with van der Waals surface area (Å²) in [7, 11) is 0. The maximum Gasteiger partial charge on any atom is 0.220 e. The Bertz CT molecular complexity index is 650. The smallest absolute Gasteiger partial charge is 0.220 e. The maximum absolute atomic E-state index is 12.2. The summed E-state index contributed by atoms with van der Waals surface area (Å²) < 4.78 is 1.84. The Balaban J connectivity index is 0.00000208. The molecule has 1 fully saturated rings. The molecule has 6 heteroatoms. The van der Waals surface area contributed by atoms with E-state index in [1.54, 1.807) is 0 Å². The SMILES string of the molecule is Cl.NCC1(NC(=O)CCc2cnn(-c3ccccc3)c2)CCCC1. The van der Waals surface area contributed by atoms with Crippen molar-refractivity contribution < 1.29 is 4.79 Å². The molecule has 130 valence electrons. The zero-order valence-corrected chi connectivity index (χ0v) is 14.6. The molecule has 1 aliphatic rings. The predicted octanol–water partition coefficient (Wildman–Crippen LogP) is 2.61. The molecule has 0 saturated heterocycles. The first kappa shape index (κ1) is 18.5. The molecule has 1 aromatic carbocycles. The summed E-state index contributed by atoms with van der Waals surface area (Å²) in [4.78, 5) is 12.2. The number of carbonyl (C=O) groups excluding carboxylic acids is 1. The van der Waals surface area contributed by atoms with Gasteiger partial charge in [0.2, 0.25) is 5.91 Å². The zero-order valence-electron chi connectivity index (χ0n) is 13.8. The molecule has 1 aromatic heterocycles. The number of aromatic nitrogens is 2. The molecular formula is C18H25ClN4O. The highest BCUT2D eigenvalue weighted by Gasteiger charge is 2.33. The highest BCUT2D eigenvalue weighted by Crippen LogP contribution is 2.28. The van der Waals surface area contributed by atoms with Crippen LogP contribution in [0.2, 0.25) is 0 Å². The van der Waals surface area contributed by atoms with E-state index in [4.69, 9.17) is 5.73 Å². The van der Waals surface area contributed by atoms with E-state index in [9.17, 15) is 4.79 Å². The van der Waals surface area contributed by atoms with E-state index in [-0.39, 0.29) is 23.9 Å². The summed E-state index contributed by atoms with van der Waals surface area (Å²) >= 11 is 0. The molecule has 1 heterocycles. The topological polar surface area (TPSA) is 72.9 Å². The largest absolute Gasteiger partial charge is 0.349 e. The number of aryl methyl sites for hydroxylation is 1. The standard InChI is InChI=1S/C18H24N4O.ClH/c19-14-18(10-4-5-11-18)21-17(23)9-8-15-12-20-22(13-15)16-6-2-1-3-7-16;/h1-3,6-7,12-13H,4-5,8-11,14,19H2,(H,21,23);1H. The van der Waals surface area contributed by atoms with Crippen LogP contribution in [0.15, 0.2) is 42.7 Å². The summed E-state index contributed by atoms with van der Waals surface area (Å²) in [5, 5.41) is 7.52. The monoisotopic (exact) mass is 348 g/mol. The van der Waals surface area contributed by atoms with E-state index in [0.717, 1.165) is 36.9 Å². The van der Waals surface area contributed by atoms with E-state index in [0.29, 0.717) is 19.4 Å². The van der Waals surface area contributed by atoms with Gasteiger partial charge in [-0.3, -0.25) is 4.79 Å². The lowest BCUT2D eigenvalue weighted by Crippen LogP contribution is -2.51. The summed E-state index contributed by atoms with van der Waals surface area (Å²) in [6.45, 7) is 0.532. The quantitative estimate of drug-likeness (QED) is 0.842.